The molecular formula is C21H11F14NO4. The molecule has 3 rings (SSSR count). The first-order chi connectivity index (χ1) is 18.0. The van der Waals surface area contributed by atoms with E-state index in [9.17, 15) is 66.3 Å². The van der Waals surface area contributed by atoms with Crippen molar-refractivity contribution in [2.24, 2.45) is 0 Å². The maximum absolute atomic E-state index is 14.9. The van der Waals surface area contributed by atoms with Crippen LogP contribution >= 0.6 is 0 Å². The largest absolute Gasteiger partial charge is 0.497 e. The van der Waals surface area contributed by atoms with Gasteiger partial charge in [0, 0.05) is 0 Å². The topological polar surface area (TPSA) is 48.0 Å². The molecule has 2 aromatic rings. The van der Waals surface area contributed by atoms with Crippen molar-refractivity contribution in [3.05, 3.63) is 48.5 Å². The van der Waals surface area contributed by atoms with Crippen LogP contribution in [0.4, 0.5) is 61.5 Å². The normalized spacial score (nSPS) is 21.8. The van der Waals surface area contributed by atoms with Crippen LogP contribution in [-0.2, 0) is 9.53 Å². The molecule has 0 spiro atoms. The zero-order chi connectivity index (χ0) is 30.7. The summed E-state index contributed by atoms with van der Waals surface area (Å²) >= 11 is 0. The van der Waals surface area contributed by atoms with Gasteiger partial charge in [-0.2, -0.15) is 57.1 Å². The fourth-order valence-electron chi connectivity index (χ4n) is 3.31. The van der Waals surface area contributed by atoms with Crippen LogP contribution in [0, 0.1) is 0 Å². The minimum absolute atomic E-state index is 0.215. The van der Waals surface area contributed by atoms with Crippen LogP contribution in [0.1, 0.15) is 0 Å². The van der Waals surface area contributed by atoms with Crippen LogP contribution in [0.5, 0.6) is 11.5 Å². The van der Waals surface area contributed by atoms with Crippen molar-refractivity contribution in [1.82, 2.24) is 4.90 Å². The number of benzene rings is 2. The summed E-state index contributed by atoms with van der Waals surface area (Å²) in [6.45, 7) is 0. The van der Waals surface area contributed by atoms with E-state index in [1.54, 1.807) is 0 Å². The predicted molar refractivity (Wildman–Crippen MR) is 102 cm³/mol. The Morgan fingerprint density at radius 3 is 1.43 bits per heavy atom. The van der Waals surface area contributed by atoms with E-state index in [4.69, 9.17) is 4.74 Å². The maximum atomic E-state index is 14.9. The fraction of sp³-hybridized carbons (Fsp3) is 0.381. The first kappa shape index (κ1) is 31.2. The second-order valence-electron chi connectivity index (χ2n) is 7.89. The third-order valence-corrected chi connectivity index (χ3v) is 5.37. The minimum atomic E-state index is -7.88. The van der Waals surface area contributed by atoms with Crippen molar-refractivity contribution in [2.75, 3.05) is 7.11 Å². The first-order valence-electron chi connectivity index (χ1n) is 10.1. The Bertz CT molecular complexity index is 1220. The summed E-state index contributed by atoms with van der Waals surface area (Å²) in [5.41, 5.74) is -6.75. The Labute approximate surface area is 212 Å². The van der Waals surface area contributed by atoms with Gasteiger partial charge in [-0.25, -0.2) is 13.9 Å². The molecule has 1 atom stereocenters. The van der Waals surface area contributed by atoms with E-state index >= 15 is 0 Å². The van der Waals surface area contributed by atoms with E-state index in [2.05, 4.69) is 4.74 Å². The number of morpholine rings is 1. The molecule has 1 aliphatic rings. The van der Waals surface area contributed by atoms with E-state index in [-0.39, 0.29) is 5.56 Å². The second kappa shape index (κ2) is 9.35. The third-order valence-electron chi connectivity index (χ3n) is 5.37. The van der Waals surface area contributed by atoms with Gasteiger partial charge in [0.1, 0.15) is 11.5 Å². The monoisotopic (exact) mass is 607 g/mol. The Morgan fingerprint density at radius 2 is 1.07 bits per heavy atom. The van der Waals surface area contributed by atoms with Gasteiger partial charge in [0.15, 0.2) is 0 Å². The van der Waals surface area contributed by atoms with Gasteiger partial charge in [-0.3, -0.25) is 0 Å². The van der Waals surface area contributed by atoms with E-state index in [1.165, 1.54) is 31.4 Å². The van der Waals surface area contributed by atoms with Crippen LogP contribution < -0.4 is 9.47 Å². The Balaban J connectivity index is 2.05. The fourth-order valence-corrected chi connectivity index (χ4v) is 3.31. The van der Waals surface area contributed by atoms with Crippen molar-refractivity contribution in [3.8, 4) is 22.6 Å². The van der Waals surface area contributed by atoms with Gasteiger partial charge in [-0.15, -0.1) is 4.90 Å². The zero-order valence-electron chi connectivity index (χ0n) is 19.0. The molecular weight excluding hydrogens is 596 g/mol. The molecule has 0 bridgehead atoms. The van der Waals surface area contributed by atoms with E-state index in [1.807, 2.05) is 4.74 Å². The number of hydrogen-bond donors (Lipinski definition) is 0. The molecule has 222 valence electrons. The predicted octanol–water partition coefficient (Wildman–Crippen LogP) is 6.83. The number of hydrogen-bond acceptors (Lipinski definition) is 5. The van der Waals surface area contributed by atoms with Gasteiger partial charge in [-0.05, 0) is 35.4 Å². The molecule has 1 aliphatic heterocycles. The highest BCUT2D eigenvalue weighted by Crippen LogP contribution is 2.62. The molecule has 5 nitrogen and oxygen atoms in total. The first-order valence-corrected chi connectivity index (χ1v) is 10.1. The van der Waals surface area contributed by atoms with Crippen LogP contribution in [0.2, 0.25) is 0 Å². The molecule has 0 aromatic heterocycles. The quantitative estimate of drug-likeness (QED) is 0.156. The van der Waals surface area contributed by atoms with E-state index in [0.29, 0.717) is 23.4 Å². The average molecular weight is 607 g/mol. The van der Waals surface area contributed by atoms with Gasteiger partial charge in [0.25, 0.3) is 0 Å². The average Bonchev–Trinajstić information content (AvgIpc) is 2.81. The van der Waals surface area contributed by atoms with Crippen LogP contribution in [0.25, 0.3) is 11.1 Å². The van der Waals surface area contributed by atoms with Crippen LogP contribution in [0.3, 0.4) is 0 Å². The van der Waals surface area contributed by atoms with Crippen molar-refractivity contribution >= 4 is 5.97 Å². The molecule has 0 radical (unpaired) electrons. The lowest BCUT2D eigenvalue weighted by Crippen LogP contribution is -2.82. The summed E-state index contributed by atoms with van der Waals surface area (Å²) in [6.07, 6.45) is -21.6. The Morgan fingerprint density at radius 1 is 0.700 bits per heavy atom. The number of ether oxygens (including phenoxy) is 3. The minimum Gasteiger partial charge on any atom is -0.497 e. The lowest BCUT2D eigenvalue weighted by Gasteiger charge is -2.51. The van der Waals surface area contributed by atoms with E-state index < -0.39 is 58.8 Å². The standard InChI is InChI=1S/C21H11F14NO4/c1-38-12-6-2-10(3-7-12)11-4-8-13(9-5-11)39-14(37)15(22,16(23,24)25)17(26,27)36-18(28,29)20(32,33)40-21(34,35)19(36,30)31/h2-9H,1H3/t15-/m1/s1. The van der Waals surface area contributed by atoms with Gasteiger partial charge < -0.3 is 9.47 Å². The highest BCUT2D eigenvalue weighted by molar-refractivity contribution is 5.84. The van der Waals surface area contributed by atoms with Gasteiger partial charge in [0.2, 0.25) is 0 Å². The van der Waals surface area contributed by atoms with E-state index in [0.717, 1.165) is 12.1 Å². The Kier molecular flexibility index (Phi) is 7.29. The summed E-state index contributed by atoms with van der Waals surface area (Å²) in [7, 11) is 1.34. The lowest BCUT2D eigenvalue weighted by molar-refractivity contribution is -0.592. The van der Waals surface area contributed by atoms with Gasteiger partial charge in [0.05, 0.1) is 7.11 Å². The molecule has 0 unspecified atom stereocenters. The number of nitrogens with zero attached hydrogens (tertiary/aromatic N) is 1. The molecule has 1 fully saturated rings. The third kappa shape index (κ3) is 4.57. The number of carbonyl (C=O) groups is 1. The molecule has 0 amide bonds. The summed E-state index contributed by atoms with van der Waals surface area (Å²) in [4.78, 5) is 7.95. The smallest absolute Gasteiger partial charge is 0.441 e. The summed E-state index contributed by atoms with van der Waals surface area (Å²) < 4.78 is 204. The SMILES string of the molecule is COc1ccc(-c2ccc(OC(=O)[C@@](F)(C(F)(F)F)C(F)(F)N3C(F)(F)C(F)(F)OC(F)(F)C3(F)F)cc2)cc1. The maximum Gasteiger partial charge on any atom is 0.441 e. The van der Waals surface area contributed by atoms with Crippen molar-refractivity contribution in [2.45, 2.75) is 42.2 Å². The highest BCUT2D eigenvalue weighted by Gasteiger charge is 2.93. The van der Waals surface area contributed by atoms with Crippen LogP contribution in [-0.4, -0.2) is 60.2 Å². The van der Waals surface area contributed by atoms with Crippen molar-refractivity contribution < 1.29 is 80.5 Å². The van der Waals surface area contributed by atoms with Crippen LogP contribution in [0.15, 0.2) is 48.5 Å². The molecule has 1 heterocycles. The number of carbonyl (C=O) groups excluding carboxylic acids is 1. The molecule has 0 aliphatic carbocycles. The molecule has 0 saturated carbocycles. The molecule has 19 heteroatoms. The number of esters is 1. The Hall–Kier alpha value is -3.35. The van der Waals surface area contributed by atoms with Gasteiger partial charge >= 0.3 is 48.2 Å². The number of alkyl halides is 14. The van der Waals surface area contributed by atoms with Crippen molar-refractivity contribution in [3.63, 3.8) is 0 Å². The number of methoxy groups -OCH3 is 1. The molecule has 40 heavy (non-hydrogen) atoms. The van der Waals surface area contributed by atoms with Gasteiger partial charge in [-0.1, -0.05) is 24.3 Å². The van der Waals surface area contributed by atoms with Crippen molar-refractivity contribution in [1.29, 1.82) is 0 Å². The molecule has 2 aromatic carbocycles. The highest BCUT2D eigenvalue weighted by atomic mass is 19.4. The summed E-state index contributed by atoms with van der Waals surface area (Å²) in [5.74, 6) is -4.75. The number of halogens is 14. The lowest BCUT2D eigenvalue weighted by atomic mass is 9.99. The summed E-state index contributed by atoms with van der Waals surface area (Å²) in [6, 6.07) is -13.9. The summed E-state index contributed by atoms with van der Waals surface area (Å²) in [5, 5.41) is 0. The molecule has 1 saturated heterocycles. The zero-order valence-corrected chi connectivity index (χ0v) is 19.0. The second-order valence-corrected chi connectivity index (χ2v) is 7.89. The molecule has 0 N–H and O–H groups in total. The number of rotatable bonds is 6.